The summed E-state index contributed by atoms with van der Waals surface area (Å²) in [5.74, 6) is 1.49. The molecule has 3 rings (SSSR count). The molecule has 1 fully saturated rings. The molecule has 12 heteroatoms. The molecule has 39 heavy (non-hydrogen) atoms. The molecule has 1 aromatic carbocycles. The van der Waals surface area contributed by atoms with Crippen LogP contribution in [0, 0.1) is 11.8 Å². The van der Waals surface area contributed by atoms with E-state index in [9.17, 15) is 14.8 Å². The van der Waals surface area contributed by atoms with Gasteiger partial charge >= 0.3 is 6.09 Å². The molecule has 1 aliphatic carbocycles. The highest BCUT2D eigenvalue weighted by atomic mass is 16.6. The van der Waals surface area contributed by atoms with Crippen molar-refractivity contribution in [2.75, 3.05) is 42.4 Å². The Balaban J connectivity index is 1.47. The van der Waals surface area contributed by atoms with E-state index >= 15 is 0 Å². The number of alkyl carbamates (subject to hydrolysis) is 1. The Morgan fingerprint density at radius 1 is 1.05 bits per heavy atom. The number of carbonyl (C=O) groups excluding carboxylic acids is 2. The SMILES string of the molecule is CC(C)(C)OC(=O)NCC1CCC(CNc2nc(NCc3cccc(C(=O)NCCO)c3)ncc2NO)CC1. The molecular weight excluding hydrogens is 502 g/mol. The first kappa shape index (κ1) is 29.9. The van der Waals surface area contributed by atoms with E-state index in [1.165, 1.54) is 6.20 Å². The summed E-state index contributed by atoms with van der Waals surface area (Å²) in [4.78, 5) is 32.8. The largest absolute Gasteiger partial charge is 0.444 e. The van der Waals surface area contributed by atoms with E-state index in [0.717, 1.165) is 31.2 Å². The second-order valence-corrected chi connectivity index (χ2v) is 10.8. The van der Waals surface area contributed by atoms with Crippen molar-refractivity contribution in [1.82, 2.24) is 20.6 Å². The van der Waals surface area contributed by atoms with Gasteiger partial charge in [0.05, 0.1) is 12.8 Å². The van der Waals surface area contributed by atoms with Crippen LogP contribution in [0.2, 0.25) is 0 Å². The van der Waals surface area contributed by atoms with Gasteiger partial charge in [-0.3, -0.25) is 15.5 Å². The highest BCUT2D eigenvalue weighted by Gasteiger charge is 2.23. The quantitative estimate of drug-likeness (QED) is 0.197. The predicted octanol–water partition coefficient (Wildman–Crippen LogP) is 3.35. The molecule has 1 saturated carbocycles. The molecule has 0 unspecified atom stereocenters. The number of carbonyl (C=O) groups is 2. The Kier molecular flexibility index (Phi) is 11.1. The fraction of sp³-hybridized carbons (Fsp3) is 0.556. The van der Waals surface area contributed by atoms with Gasteiger partial charge in [-0.05, 0) is 76.0 Å². The number of hydrogen-bond acceptors (Lipinski definition) is 10. The number of nitrogens with one attached hydrogen (secondary N) is 5. The van der Waals surface area contributed by atoms with Crippen molar-refractivity contribution < 1.29 is 24.6 Å². The number of hydrogen-bond donors (Lipinski definition) is 7. The van der Waals surface area contributed by atoms with Crippen molar-refractivity contribution in [3.05, 3.63) is 41.6 Å². The molecule has 12 nitrogen and oxygen atoms in total. The van der Waals surface area contributed by atoms with Crippen LogP contribution in [0.25, 0.3) is 0 Å². The van der Waals surface area contributed by atoms with Gasteiger partial charge in [-0.25, -0.2) is 9.78 Å². The lowest BCUT2D eigenvalue weighted by Crippen LogP contribution is -2.36. The van der Waals surface area contributed by atoms with Gasteiger partial charge in [0.2, 0.25) is 5.95 Å². The van der Waals surface area contributed by atoms with Crippen molar-refractivity contribution in [3.8, 4) is 0 Å². The van der Waals surface area contributed by atoms with Gasteiger partial charge in [0.1, 0.15) is 11.3 Å². The second-order valence-electron chi connectivity index (χ2n) is 10.8. The lowest BCUT2D eigenvalue weighted by Gasteiger charge is -2.29. The Bertz CT molecular complexity index is 1080. The van der Waals surface area contributed by atoms with Gasteiger partial charge in [0, 0.05) is 31.7 Å². The molecule has 0 aliphatic heterocycles. The van der Waals surface area contributed by atoms with E-state index < -0.39 is 5.60 Å². The van der Waals surface area contributed by atoms with Crippen LogP contribution >= 0.6 is 0 Å². The van der Waals surface area contributed by atoms with Gasteiger partial charge < -0.3 is 31.1 Å². The van der Waals surface area contributed by atoms with Gasteiger partial charge in [-0.15, -0.1) is 0 Å². The van der Waals surface area contributed by atoms with Crippen LogP contribution in [-0.2, 0) is 11.3 Å². The summed E-state index contributed by atoms with van der Waals surface area (Å²) in [5.41, 5.74) is 3.38. The maximum Gasteiger partial charge on any atom is 0.407 e. The molecule has 1 aliphatic rings. The fourth-order valence-corrected chi connectivity index (χ4v) is 4.38. The molecule has 2 amide bonds. The van der Waals surface area contributed by atoms with E-state index in [2.05, 4.69) is 36.7 Å². The summed E-state index contributed by atoms with van der Waals surface area (Å²) in [7, 11) is 0. The van der Waals surface area contributed by atoms with Crippen LogP contribution in [0.4, 0.5) is 22.2 Å². The summed E-state index contributed by atoms with van der Waals surface area (Å²) < 4.78 is 5.31. The summed E-state index contributed by atoms with van der Waals surface area (Å²) in [6.45, 7) is 7.34. The molecule has 0 saturated heterocycles. The molecule has 214 valence electrons. The van der Waals surface area contributed by atoms with Crippen LogP contribution in [0.15, 0.2) is 30.5 Å². The minimum Gasteiger partial charge on any atom is -0.444 e. The smallest absolute Gasteiger partial charge is 0.407 e. The number of amides is 2. The van der Waals surface area contributed by atoms with Gasteiger partial charge in [0.25, 0.3) is 5.91 Å². The third-order valence-corrected chi connectivity index (χ3v) is 6.40. The molecule has 0 spiro atoms. The molecule has 1 aromatic heterocycles. The maximum absolute atomic E-state index is 12.1. The molecule has 0 radical (unpaired) electrons. The molecule has 0 atom stereocenters. The molecule has 1 heterocycles. The molecular formula is C27H41N7O5. The number of benzene rings is 1. The van der Waals surface area contributed by atoms with E-state index in [4.69, 9.17) is 9.84 Å². The van der Waals surface area contributed by atoms with E-state index in [1.807, 2.05) is 26.8 Å². The van der Waals surface area contributed by atoms with Crippen molar-refractivity contribution in [2.45, 2.75) is 58.6 Å². The number of aliphatic hydroxyl groups excluding tert-OH is 1. The van der Waals surface area contributed by atoms with Crippen LogP contribution < -0.4 is 26.7 Å². The number of ether oxygens (including phenoxy) is 1. The zero-order valence-corrected chi connectivity index (χ0v) is 22.9. The number of nitrogens with zero attached hydrogens (tertiary/aromatic N) is 2. The normalized spacial score (nSPS) is 17.2. The highest BCUT2D eigenvalue weighted by molar-refractivity contribution is 5.94. The third kappa shape index (κ3) is 10.2. The lowest BCUT2D eigenvalue weighted by molar-refractivity contribution is 0.0513. The van der Waals surface area contributed by atoms with Gasteiger partial charge in [-0.1, -0.05) is 12.1 Å². The van der Waals surface area contributed by atoms with Crippen LogP contribution in [0.1, 0.15) is 62.4 Å². The Hall–Kier alpha value is -3.64. The Morgan fingerprint density at radius 3 is 2.44 bits per heavy atom. The molecule has 7 N–H and O–H groups in total. The average Bonchev–Trinajstić information content (AvgIpc) is 2.92. The first-order valence-electron chi connectivity index (χ1n) is 13.4. The summed E-state index contributed by atoms with van der Waals surface area (Å²) in [5, 5.41) is 30.4. The molecule has 2 aromatic rings. The predicted molar refractivity (Wildman–Crippen MR) is 149 cm³/mol. The Morgan fingerprint density at radius 2 is 1.77 bits per heavy atom. The summed E-state index contributed by atoms with van der Waals surface area (Å²) >= 11 is 0. The van der Waals surface area contributed by atoms with Crippen molar-refractivity contribution >= 4 is 29.5 Å². The zero-order valence-electron chi connectivity index (χ0n) is 22.9. The number of anilines is 3. The van der Waals surface area contributed by atoms with Crippen LogP contribution in [-0.4, -0.2) is 64.1 Å². The number of rotatable bonds is 12. The van der Waals surface area contributed by atoms with E-state index in [-0.39, 0.29) is 25.2 Å². The monoisotopic (exact) mass is 543 g/mol. The standard InChI is InChI=1S/C27H41N7O5/c1-27(2,3)39-26(37)32-15-19-9-7-18(8-10-19)14-29-23-22(34-38)17-31-25(33-23)30-16-20-5-4-6-21(13-20)24(36)28-11-12-35/h4-6,13,17-19,34-35,38H,7-12,14-16H2,1-3H3,(H,28,36)(H,32,37)(H2,29,30,31,33). The van der Waals surface area contributed by atoms with Crippen molar-refractivity contribution in [2.24, 2.45) is 11.8 Å². The Labute approximate surface area is 229 Å². The van der Waals surface area contributed by atoms with E-state index in [1.54, 1.807) is 18.2 Å². The van der Waals surface area contributed by atoms with Crippen molar-refractivity contribution in [3.63, 3.8) is 0 Å². The van der Waals surface area contributed by atoms with Crippen molar-refractivity contribution in [1.29, 1.82) is 0 Å². The zero-order chi connectivity index (χ0) is 28.3. The summed E-state index contributed by atoms with van der Waals surface area (Å²) in [6, 6.07) is 7.15. The van der Waals surface area contributed by atoms with E-state index in [0.29, 0.717) is 54.5 Å². The van der Waals surface area contributed by atoms with Crippen LogP contribution in [0.3, 0.4) is 0 Å². The topological polar surface area (TPSA) is 170 Å². The molecule has 0 bridgehead atoms. The third-order valence-electron chi connectivity index (χ3n) is 6.40. The fourth-order valence-electron chi connectivity index (χ4n) is 4.38. The average molecular weight is 544 g/mol. The first-order valence-corrected chi connectivity index (χ1v) is 13.4. The van der Waals surface area contributed by atoms with Gasteiger partial charge in [-0.2, -0.15) is 4.98 Å². The first-order chi connectivity index (χ1) is 18.7. The highest BCUT2D eigenvalue weighted by Crippen LogP contribution is 2.29. The lowest BCUT2D eigenvalue weighted by atomic mass is 9.82. The number of aliphatic hydroxyl groups is 1. The summed E-state index contributed by atoms with van der Waals surface area (Å²) in [6.07, 6.45) is 5.19. The minimum absolute atomic E-state index is 0.117. The minimum atomic E-state index is -0.504. The van der Waals surface area contributed by atoms with Gasteiger partial charge in [0.15, 0.2) is 5.82 Å². The maximum atomic E-state index is 12.1. The number of aromatic nitrogens is 2. The second kappa shape index (κ2) is 14.5. The van der Waals surface area contributed by atoms with Crippen LogP contribution in [0.5, 0.6) is 0 Å².